The van der Waals surface area contributed by atoms with E-state index in [0.717, 1.165) is 0 Å². The smallest absolute Gasteiger partial charge is 0.307 e. The minimum atomic E-state index is -0.913. The number of benzene rings is 1. The number of hydrogen-bond donors (Lipinski definition) is 3. The summed E-state index contributed by atoms with van der Waals surface area (Å²) < 4.78 is 19.4. The molecule has 0 radical (unpaired) electrons. The number of nitrogens with one attached hydrogen (secondary N) is 1. The lowest BCUT2D eigenvalue weighted by atomic mass is 9.99. The number of phenols is 1. The van der Waals surface area contributed by atoms with E-state index in [4.69, 9.17) is 9.84 Å². The van der Waals surface area contributed by atoms with Crippen LogP contribution < -0.4 is 10.1 Å². The molecule has 0 aromatic heterocycles. The molecule has 0 bridgehead atoms. The second kappa shape index (κ2) is 5.34. The Kier molecular flexibility index (Phi) is 3.96. The molecule has 7 heteroatoms. The van der Waals surface area contributed by atoms with Crippen LogP contribution in [-0.2, 0) is 4.79 Å². The Morgan fingerprint density at radius 1 is 1.63 bits per heavy atom. The van der Waals surface area contributed by atoms with Crippen LogP contribution in [0.15, 0.2) is 10.5 Å². The van der Waals surface area contributed by atoms with Gasteiger partial charge in [0.15, 0.2) is 17.3 Å². The monoisotopic (exact) mass is 333 g/mol. The molecule has 2 atom stereocenters. The van der Waals surface area contributed by atoms with Gasteiger partial charge in [-0.05, 0) is 12.5 Å². The summed E-state index contributed by atoms with van der Waals surface area (Å²) in [7, 11) is 1.33. The van der Waals surface area contributed by atoms with Gasteiger partial charge in [0.25, 0.3) is 0 Å². The van der Waals surface area contributed by atoms with Crippen molar-refractivity contribution >= 4 is 21.9 Å². The van der Waals surface area contributed by atoms with Crippen LogP contribution in [0.3, 0.4) is 0 Å². The predicted molar refractivity (Wildman–Crippen MR) is 68.8 cm³/mol. The van der Waals surface area contributed by atoms with Gasteiger partial charge in [0.2, 0.25) is 0 Å². The molecular formula is C12H13BrFNO4. The van der Waals surface area contributed by atoms with Crippen LogP contribution in [0.2, 0.25) is 0 Å². The largest absolute Gasteiger partial charge is 0.502 e. The number of aromatic hydroxyl groups is 1. The first kappa shape index (κ1) is 14.1. The van der Waals surface area contributed by atoms with Gasteiger partial charge >= 0.3 is 5.97 Å². The Morgan fingerprint density at radius 2 is 2.32 bits per heavy atom. The fraction of sp³-hybridized carbons (Fsp3) is 0.417. The fourth-order valence-electron chi connectivity index (χ4n) is 2.22. The predicted octanol–water partition coefficient (Wildman–Crippen LogP) is 2.04. The van der Waals surface area contributed by atoms with Crippen molar-refractivity contribution < 1.29 is 24.1 Å². The number of carbonyl (C=O) groups is 1. The summed E-state index contributed by atoms with van der Waals surface area (Å²) >= 11 is 3.22. The second-order valence-corrected chi connectivity index (χ2v) is 5.22. The molecule has 1 aromatic carbocycles. The third kappa shape index (κ3) is 2.52. The summed E-state index contributed by atoms with van der Waals surface area (Å²) in [6.45, 7) is 0.276. The zero-order valence-corrected chi connectivity index (χ0v) is 11.7. The summed E-state index contributed by atoms with van der Waals surface area (Å²) in [4.78, 5) is 10.9. The average molecular weight is 334 g/mol. The summed E-state index contributed by atoms with van der Waals surface area (Å²) in [6, 6.07) is 1.01. The summed E-state index contributed by atoms with van der Waals surface area (Å²) in [6.07, 6.45) is 0.274. The first-order valence-electron chi connectivity index (χ1n) is 5.66. The average Bonchev–Trinajstić information content (AvgIpc) is 2.83. The lowest BCUT2D eigenvalue weighted by Gasteiger charge is -2.16. The highest BCUT2D eigenvalue weighted by Crippen LogP contribution is 2.41. The minimum absolute atomic E-state index is 0.0286. The van der Waals surface area contributed by atoms with Gasteiger partial charge in [0, 0.05) is 22.6 Å². The van der Waals surface area contributed by atoms with Crippen molar-refractivity contribution in [3.8, 4) is 11.5 Å². The van der Waals surface area contributed by atoms with Crippen LogP contribution in [0.5, 0.6) is 11.5 Å². The molecule has 1 saturated heterocycles. The highest BCUT2D eigenvalue weighted by atomic mass is 79.9. The van der Waals surface area contributed by atoms with E-state index < -0.39 is 29.5 Å². The van der Waals surface area contributed by atoms with E-state index in [9.17, 15) is 14.3 Å². The van der Waals surface area contributed by atoms with Crippen molar-refractivity contribution in [3.63, 3.8) is 0 Å². The quantitative estimate of drug-likeness (QED) is 0.788. The number of rotatable bonds is 3. The molecule has 1 fully saturated rings. The third-order valence-corrected chi connectivity index (χ3v) is 3.90. The van der Waals surface area contributed by atoms with E-state index >= 15 is 0 Å². The Labute approximate surface area is 117 Å². The molecule has 0 saturated carbocycles. The summed E-state index contributed by atoms with van der Waals surface area (Å²) in [5.41, 5.74) is 0.224. The lowest BCUT2D eigenvalue weighted by Crippen LogP contribution is -2.18. The SMILES string of the molecule is COc1cc(Br)c(C2CC(C(=O)O)CN2)c(F)c1O. The molecule has 1 aliphatic rings. The van der Waals surface area contributed by atoms with Crippen molar-refractivity contribution in [2.24, 2.45) is 5.92 Å². The first-order chi connectivity index (χ1) is 8.95. The van der Waals surface area contributed by atoms with Crippen molar-refractivity contribution in [2.75, 3.05) is 13.7 Å². The zero-order chi connectivity index (χ0) is 14.2. The van der Waals surface area contributed by atoms with Crippen molar-refractivity contribution in [3.05, 3.63) is 21.9 Å². The molecule has 1 aromatic rings. The van der Waals surface area contributed by atoms with Crippen molar-refractivity contribution in [2.45, 2.75) is 12.5 Å². The molecule has 2 rings (SSSR count). The maximum Gasteiger partial charge on any atom is 0.307 e. The Balaban J connectivity index is 2.36. The van der Waals surface area contributed by atoms with Crippen molar-refractivity contribution in [1.29, 1.82) is 0 Å². The van der Waals surface area contributed by atoms with E-state index in [-0.39, 0.29) is 24.3 Å². The Morgan fingerprint density at radius 3 is 2.84 bits per heavy atom. The number of methoxy groups -OCH3 is 1. The Hall–Kier alpha value is -1.34. The normalized spacial score (nSPS) is 22.5. The number of aliphatic carboxylic acids is 1. The number of hydrogen-bond acceptors (Lipinski definition) is 4. The van der Waals surface area contributed by atoms with Gasteiger partial charge in [0.05, 0.1) is 13.0 Å². The van der Waals surface area contributed by atoms with Gasteiger partial charge in [0.1, 0.15) is 0 Å². The maximum absolute atomic E-state index is 14.1. The highest BCUT2D eigenvalue weighted by Gasteiger charge is 2.34. The van der Waals surface area contributed by atoms with Gasteiger partial charge in [-0.1, -0.05) is 15.9 Å². The molecule has 0 amide bonds. The van der Waals surface area contributed by atoms with Gasteiger partial charge in [-0.25, -0.2) is 4.39 Å². The third-order valence-electron chi connectivity index (χ3n) is 3.24. The van der Waals surface area contributed by atoms with E-state index in [1.54, 1.807) is 0 Å². The van der Waals surface area contributed by atoms with E-state index in [0.29, 0.717) is 4.47 Å². The van der Waals surface area contributed by atoms with Crippen LogP contribution >= 0.6 is 15.9 Å². The van der Waals surface area contributed by atoms with Crippen LogP contribution in [0, 0.1) is 11.7 Å². The summed E-state index contributed by atoms with van der Waals surface area (Å²) in [5, 5.41) is 21.6. The molecule has 0 spiro atoms. The van der Waals surface area contributed by atoms with Gasteiger partial charge in [-0.3, -0.25) is 4.79 Å². The lowest BCUT2D eigenvalue weighted by molar-refractivity contribution is -0.141. The molecule has 3 N–H and O–H groups in total. The standard InChI is InChI=1S/C12H13BrFNO4/c1-19-8-3-6(13)9(10(14)11(8)16)7-2-5(4-15-7)12(17)18/h3,5,7,15-16H,2,4H2,1H3,(H,17,18). The van der Waals surface area contributed by atoms with Gasteiger partial charge < -0.3 is 20.3 Å². The second-order valence-electron chi connectivity index (χ2n) is 4.37. The molecule has 1 aliphatic heterocycles. The molecule has 0 aliphatic carbocycles. The van der Waals surface area contributed by atoms with E-state index in [1.165, 1.54) is 13.2 Å². The van der Waals surface area contributed by atoms with Gasteiger partial charge in [-0.15, -0.1) is 0 Å². The molecule has 5 nitrogen and oxygen atoms in total. The number of carboxylic acids is 1. The molecule has 19 heavy (non-hydrogen) atoms. The van der Waals surface area contributed by atoms with E-state index in [1.807, 2.05) is 0 Å². The van der Waals surface area contributed by atoms with Gasteiger partial charge in [-0.2, -0.15) is 0 Å². The molecule has 2 unspecified atom stereocenters. The topological polar surface area (TPSA) is 78.8 Å². The number of carboxylic acid groups (broad SMARTS) is 1. The maximum atomic E-state index is 14.1. The minimum Gasteiger partial charge on any atom is -0.502 e. The molecule has 104 valence electrons. The zero-order valence-electron chi connectivity index (χ0n) is 10.1. The van der Waals surface area contributed by atoms with E-state index in [2.05, 4.69) is 21.2 Å². The van der Waals surface area contributed by atoms with Crippen LogP contribution in [0.25, 0.3) is 0 Å². The Bertz CT molecular complexity index is 523. The first-order valence-corrected chi connectivity index (χ1v) is 6.46. The number of phenolic OH excluding ortho intramolecular Hbond substituents is 1. The van der Waals surface area contributed by atoms with Crippen molar-refractivity contribution in [1.82, 2.24) is 5.32 Å². The van der Waals surface area contributed by atoms with Crippen LogP contribution in [0.1, 0.15) is 18.0 Å². The molecule has 1 heterocycles. The van der Waals surface area contributed by atoms with Crippen LogP contribution in [-0.4, -0.2) is 29.8 Å². The number of ether oxygens (including phenoxy) is 1. The highest BCUT2D eigenvalue weighted by molar-refractivity contribution is 9.10. The van der Waals surface area contributed by atoms with Crippen LogP contribution in [0.4, 0.5) is 4.39 Å². The summed E-state index contributed by atoms with van der Waals surface area (Å²) in [5.74, 6) is -2.80. The fourth-order valence-corrected chi connectivity index (χ4v) is 2.88. The number of halogens is 2. The molecular weight excluding hydrogens is 321 g/mol.